The van der Waals surface area contributed by atoms with Gasteiger partial charge < -0.3 is 15.0 Å². The molecular formula is C18H28N2O3. The van der Waals surface area contributed by atoms with E-state index in [-0.39, 0.29) is 11.9 Å². The van der Waals surface area contributed by atoms with Gasteiger partial charge in [0.1, 0.15) is 5.60 Å². The SMILES string of the molecule is CC(=O)N(C)CCC(NC(=O)OC(C)(C)C)c1cccc(C)c1. The molecule has 0 aliphatic carbocycles. The van der Waals surface area contributed by atoms with E-state index in [1.807, 2.05) is 52.0 Å². The first-order valence-electron chi connectivity index (χ1n) is 7.86. The van der Waals surface area contributed by atoms with Gasteiger partial charge in [0.15, 0.2) is 0 Å². The Labute approximate surface area is 139 Å². The summed E-state index contributed by atoms with van der Waals surface area (Å²) in [5, 5.41) is 2.91. The molecule has 0 aromatic heterocycles. The molecule has 5 nitrogen and oxygen atoms in total. The number of amides is 2. The second-order valence-electron chi connectivity index (χ2n) is 6.84. The van der Waals surface area contributed by atoms with Gasteiger partial charge in [0, 0.05) is 20.5 Å². The Kier molecular flexibility index (Phi) is 6.61. The van der Waals surface area contributed by atoms with Crippen LogP contribution in [0.15, 0.2) is 24.3 Å². The van der Waals surface area contributed by atoms with Crippen LogP contribution in [-0.2, 0) is 9.53 Å². The van der Waals surface area contributed by atoms with E-state index in [2.05, 4.69) is 5.32 Å². The van der Waals surface area contributed by atoms with Crippen LogP contribution in [0.25, 0.3) is 0 Å². The van der Waals surface area contributed by atoms with Crippen LogP contribution >= 0.6 is 0 Å². The maximum atomic E-state index is 12.1. The van der Waals surface area contributed by atoms with Gasteiger partial charge in [-0.2, -0.15) is 0 Å². The second kappa shape index (κ2) is 7.99. The topological polar surface area (TPSA) is 58.6 Å². The van der Waals surface area contributed by atoms with Crippen molar-refractivity contribution < 1.29 is 14.3 Å². The first kappa shape index (κ1) is 19.0. The van der Waals surface area contributed by atoms with E-state index in [0.717, 1.165) is 11.1 Å². The molecule has 0 aliphatic heterocycles. The fourth-order valence-corrected chi connectivity index (χ4v) is 2.14. The van der Waals surface area contributed by atoms with Crippen LogP contribution in [0.2, 0.25) is 0 Å². The summed E-state index contributed by atoms with van der Waals surface area (Å²) >= 11 is 0. The Morgan fingerprint density at radius 2 is 1.96 bits per heavy atom. The highest BCUT2D eigenvalue weighted by Crippen LogP contribution is 2.19. The molecule has 1 rings (SSSR count). The van der Waals surface area contributed by atoms with Gasteiger partial charge in [-0.1, -0.05) is 29.8 Å². The van der Waals surface area contributed by atoms with E-state index in [0.29, 0.717) is 13.0 Å². The minimum Gasteiger partial charge on any atom is -0.444 e. The van der Waals surface area contributed by atoms with E-state index in [4.69, 9.17) is 4.74 Å². The highest BCUT2D eigenvalue weighted by molar-refractivity contribution is 5.72. The molecule has 1 aromatic carbocycles. The van der Waals surface area contributed by atoms with Crippen molar-refractivity contribution in [2.24, 2.45) is 0 Å². The monoisotopic (exact) mass is 320 g/mol. The summed E-state index contributed by atoms with van der Waals surface area (Å²) in [7, 11) is 1.75. The highest BCUT2D eigenvalue weighted by Gasteiger charge is 2.21. The number of ether oxygens (including phenoxy) is 1. The van der Waals surface area contributed by atoms with E-state index in [1.165, 1.54) is 6.92 Å². The number of aryl methyl sites for hydroxylation is 1. The quantitative estimate of drug-likeness (QED) is 0.904. The number of benzene rings is 1. The first-order chi connectivity index (χ1) is 10.6. The van der Waals surface area contributed by atoms with Crippen molar-refractivity contribution in [3.8, 4) is 0 Å². The summed E-state index contributed by atoms with van der Waals surface area (Å²) in [5.41, 5.74) is 1.59. The number of rotatable bonds is 5. The summed E-state index contributed by atoms with van der Waals surface area (Å²) in [6.45, 7) is 9.59. The van der Waals surface area contributed by atoms with Gasteiger partial charge in [0.05, 0.1) is 6.04 Å². The maximum Gasteiger partial charge on any atom is 0.408 e. The van der Waals surface area contributed by atoms with Crippen molar-refractivity contribution in [1.82, 2.24) is 10.2 Å². The normalized spacial score (nSPS) is 12.4. The van der Waals surface area contributed by atoms with Gasteiger partial charge in [-0.15, -0.1) is 0 Å². The molecule has 2 amide bonds. The van der Waals surface area contributed by atoms with Gasteiger partial charge in [-0.05, 0) is 39.7 Å². The van der Waals surface area contributed by atoms with Crippen LogP contribution in [0.3, 0.4) is 0 Å². The van der Waals surface area contributed by atoms with Gasteiger partial charge >= 0.3 is 6.09 Å². The lowest BCUT2D eigenvalue weighted by atomic mass is 10.0. The summed E-state index contributed by atoms with van der Waals surface area (Å²) in [5.74, 6) is 0.00487. The average Bonchev–Trinajstić information content (AvgIpc) is 2.40. The average molecular weight is 320 g/mol. The molecule has 23 heavy (non-hydrogen) atoms. The molecule has 0 bridgehead atoms. The number of carbonyl (C=O) groups is 2. The number of nitrogens with one attached hydrogen (secondary N) is 1. The number of hydrogen-bond donors (Lipinski definition) is 1. The fourth-order valence-electron chi connectivity index (χ4n) is 2.14. The Balaban J connectivity index is 2.84. The van der Waals surface area contributed by atoms with Crippen LogP contribution in [0, 0.1) is 6.92 Å². The predicted molar refractivity (Wildman–Crippen MR) is 91.2 cm³/mol. The Morgan fingerprint density at radius 3 is 2.48 bits per heavy atom. The summed E-state index contributed by atoms with van der Waals surface area (Å²) in [6, 6.07) is 7.78. The van der Waals surface area contributed by atoms with Gasteiger partial charge in [-0.25, -0.2) is 4.79 Å². The lowest BCUT2D eigenvalue weighted by Crippen LogP contribution is -2.36. The molecule has 0 saturated heterocycles. The van der Waals surface area contributed by atoms with Gasteiger partial charge in [-0.3, -0.25) is 4.79 Å². The van der Waals surface area contributed by atoms with Crippen molar-refractivity contribution in [2.45, 2.75) is 52.7 Å². The molecule has 1 N–H and O–H groups in total. The standard InChI is InChI=1S/C18H28N2O3/c1-13-8-7-9-15(12-13)16(10-11-20(6)14(2)21)19-17(22)23-18(3,4)5/h7-9,12,16H,10-11H2,1-6H3,(H,19,22). The molecule has 0 aliphatic rings. The van der Waals surface area contributed by atoms with Crippen LogP contribution in [0.5, 0.6) is 0 Å². The molecule has 0 heterocycles. The Bertz CT molecular complexity index is 549. The molecule has 128 valence electrons. The smallest absolute Gasteiger partial charge is 0.408 e. The third-order valence-electron chi connectivity index (χ3n) is 3.43. The highest BCUT2D eigenvalue weighted by atomic mass is 16.6. The molecule has 5 heteroatoms. The zero-order valence-electron chi connectivity index (χ0n) is 15.0. The summed E-state index contributed by atoms with van der Waals surface area (Å²) in [6.07, 6.45) is 0.174. The number of carbonyl (C=O) groups excluding carboxylic acids is 2. The van der Waals surface area contributed by atoms with E-state index in [1.54, 1.807) is 11.9 Å². The van der Waals surface area contributed by atoms with Crippen LogP contribution in [-0.4, -0.2) is 36.1 Å². The van der Waals surface area contributed by atoms with Crippen LogP contribution < -0.4 is 5.32 Å². The first-order valence-corrected chi connectivity index (χ1v) is 7.86. The molecule has 0 spiro atoms. The maximum absolute atomic E-state index is 12.1. The van der Waals surface area contributed by atoms with Gasteiger partial charge in [0.25, 0.3) is 0 Å². The number of nitrogens with zero attached hydrogens (tertiary/aromatic N) is 1. The second-order valence-corrected chi connectivity index (χ2v) is 6.84. The largest absolute Gasteiger partial charge is 0.444 e. The molecule has 0 saturated carbocycles. The molecule has 1 aromatic rings. The van der Waals surface area contributed by atoms with Crippen LogP contribution in [0.4, 0.5) is 4.79 Å². The van der Waals surface area contributed by atoms with E-state index >= 15 is 0 Å². The predicted octanol–water partition coefficient (Wildman–Crippen LogP) is 3.43. The number of hydrogen-bond acceptors (Lipinski definition) is 3. The number of alkyl carbamates (subject to hydrolysis) is 1. The van der Waals surface area contributed by atoms with Crippen molar-refractivity contribution in [3.05, 3.63) is 35.4 Å². The minimum atomic E-state index is -0.544. The molecule has 1 unspecified atom stereocenters. The molecular weight excluding hydrogens is 292 g/mol. The van der Waals surface area contributed by atoms with E-state index in [9.17, 15) is 9.59 Å². The van der Waals surface area contributed by atoms with E-state index < -0.39 is 11.7 Å². The Hall–Kier alpha value is -2.04. The lowest BCUT2D eigenvalue weighted by molar-refractivity contribution is -0.127. The third-order valence-corrected chi connectivity index (χ3v) is 3.43. The fraction of sp³-hybridized carbons (Fsp3) is 0.556. The Morgan fingerprint density at radius 1 is 1.30 bits per heavy atom. The van der Waals surface area contributed by atoms with Crippen molar-refractivity contribution >= 4 is 12.0 Å². The zero-order valence-corrected chi connectivity index (χ0v) is 15.0. The zero-order chi connectivity index (χ0) is 17.6. The molecule has 0 fully saturated rings. The van der Waals surface area contributed by atoms with Crippen molar-refractivity contribution in [3.63, 3.8) is 0 Å². The minimum absolute atomic E-state index is 0.00487. The summed E-state index contributed by atoms with van der Waals surface area (Å²) < 4.78 is 5.34. The van der Waals surface area contributed by atoms with Crippen molar-refractivity contribution in [1.29, 1.82) is 0 Å². The third kappa shape index (κ3) is 7.17. The lowest BCUT2D eigenvalue weighted by Gasteiger charge is -2.25. The molecule has 0 radical (unpaired) electrons. The van der Waals surface area contributed by atoms with Crippen LogP contribution in [0.1, 0.15) is 51.3 Å². The van der Waals surface area contributed by atoms with Gasteiger partial charge in [0.2, 0.25) is 5.91 Å². The molecule has 1 atom stereocenters. The summed E-state index contributed by atoms with van der Waals surface area (Å²) in [4.78, 5) is 25.1. The van der Waals surface area contributed by atoms with Crippen molar-refractivity contribution in [2.75, 3.05) is 13.6 Å².